The first-order chi connectivity index (χ1) is 7.30. The topological polar surface area (TPSA) is 54.9 Å². The largest absolute Gasteiger partial charge is 0.434 e. The predicted molar refractivity (Wildman–Crippen MR) is 50.5 cm³/mol. The lowest BCUT2D eigenvalue weighted by Crippen LogP contribution is -2.19. The Morgan fingerprint density at radius 3 is 2.31 bits per heavy atom. The Labute approximate surface area is 89.9 Å². The third kappa shape index (κ3) is 3.18. The van der Waals surface area contributed by atoms with Gasteiger partial charge in [-0.15, -0.1) is 0 Å². The molecular formula is C9H10F3N3O. The Balaban J connectivity index is 2.76. The van der Waals surface area contributed by atoms with Gasteiger partial charge in [0, 0.05) is 5.92 Å². The molecular weight excluding hydrogens is 223 g/mol. The highest BCUT2D eigenvalue weighted by molar-refractivity contribution is 5.90. The van der Waals surface area contributed by atoms with E-state index < -0.39 is 11.9 Å². The van der Waals surface area contributed by atoms with Gasteiger partial charge in [-0.1, -0.05) is 13.8 Å². The fraction of sp³-hybridized carbons (Fsp3) is 0.444. The smallest absolute Gasteiger partial charge is 0.309 e. The third-order valence-electron chi connectivity index (χ3n) is 1.72. The number of amides is 1. The summed E-state index contributed by atoms with van der Waals surface area (Å²) in [5.41, 5.74) is -1.09. The molecule has 1 heterocycles. The maximum atomic E-state index is 12.1. The highest BCUT2D eigenvalue weighted by Gasteiger charge is 2.32. The average Bonchev–Trinajstić information content (AvgIpc) is 2.17. The summed E-state index contributed by atoms with van der Waals surface area (Å²) in [7, 11) is 0. The zero-order valence-electron chi connectivity index (χ0n) is 8.67. The number of aromatic nitrogens is 2. The van der Waals surface area contributed by atoms with Crippen molar-refractivity contribution in [1.29, 1.82) is 0 Å². The lowest BCUT2D eigenvalue weighted by Gasteiger charge is -2.08. The van der Waals surface area contributed by atoms with Gasteiger partial charge in [-0.2, -0.15) is 13.2 Å². The number of alkyl halides is 3. The van der Waals surface area contributed by atoms with Crippen molar-refractivity contribution in [1.82, 2.24) is 9.97 Å². The fourth-order valence-electron chi connectivity index (χ4n) is 0.810. The molecule has 0 saturated heterocycles. The van der Waals surface area contributed by atoms with Gasteiger partial charge in [0.15, 0.2) is 11.5 Å². The molecule has 0 aliphatic heterocycles. The molecule has 7 heteroatoms. The summed E-state index contributed by atoms with van der Waals surface area (Å²) in [4.78, 5) is 17.8. The highest BCUT2D eigenvalue weighted by Crippen LogP contribution is 2.26. The maximum Gasteiger partial charge on any atom is 0.434 e. The average molecular weight is 233 g/mol. The number of nitrogens with one attached hydrogen (secondary N) is 1. The first kappa shape index (κ1) is 12.4. The number of carbonyl (C=O) groups is 1. The van der Waals surface area contributed by atoms with Crippen LogP contribution in [-0.4, -0.2) is 15.9 Å². The lowest BCUT2D eigenvalue weighted by molar-refractivity contribution is -0.141. The Hall–Kier alpha value is -1.66. The van der Waals surface area contributed by atoms with Gasteiger partial charge < -0.3 is 5.32 Å². The van der Waals surface area contributed by atoms with Gasteiger partial charge >= 0.3 is 6.18 Å². The molecule has 1 amide bonds. The van der Waals surface area contributed by atoms with Crippen LogP contribution in [0.5, 0.6) is 0 Å². The summed E-state index contributed by atoms with van der Waals surface area (Å²) in [6.07, 6.45) is -3.06. The van der Waals surface area contributed by atoms with Crippen LogP contribution >= 0.6 is 0 Å². The van der Waals surface area contributed by atoms with Crippen molar-refractivity contribution < 1.29 is 18.0 Å². The number of nitrogens with zero attached hydrogens (tertiary/aromatic N) is 2. The SMILES string of the molecule is CC(C)C(=O)Nc1cnc(C(F)(F)F)cn1. The fourth-order valence-corrected chi connectivity index (χ4v) is 0.810. The molecule has 0 bridgehead atoms. The molecule has 88 valence electrons. The second kappa shape index (κ2) is 4.46. The third-order valence-corrected chi connectivity index (χ3v) is 1.72. The molecule has 1 aromatic rings. The summed E-state index contributed by atoms with van der Waals surface area (Å²) >= 11 is 0. The Kier molecular flexibility index (Phi) is 3.46. The van der Waals surface area contributed by atoms with Gasteiger partial charge in [0.1, 0.15) is 0 Å². The van der Waals surface area contributed by atoms with E-state index in [4.69, 9.17) is 0 Å². The van der Waals surface area contributed by atoms with Crippen LogP contribution < -0.4 is 5.32 Å². The van der Waals surface area contributed by atoms with E-state index in [0.717, 1.165) is 6.20 Å². The molecule has 16 heavy (non-hydrogen) atoms. The van der Waals surface area contributed by atoms with Gasteiger partial charge in [0.05, 0.1) is 12.4 Å². The summed E-state index contributed by atoms with van der Waals surface area (Å²) in [6.45, 7) is 3.32. The molecule has 0 aliphatic rings. The van der Waals surface area contributed by atoms with Crippen LogP contribution in [0.4, 0.5) is 19.0 Å². The summed E-state index contributed by atoms with van der Waals surface area (Å²) in [5.74, 6) is -0.593. The zero-order valence-corrected chi connectivity index (χ0v) is 8.67. The second-order valence-electron chi connectivity index (χ2n) is 3.43. The monoisotopic (exact) mass is 233 g/mol. The molecule has 4 nitrogen and oxygen atoms in total. The van der Waals surface area contributed by atoms with E-state index in [1.807, 2.05) is 0 Å². The second-order valence-corrected chi connectivity index (χ2v) is 3.43. The van der Waals surface area contributed by atoms with Crippen LogP contribution in [0.25, 0.3) is 0 Å². The van der Waals surface area contributed by atoms with Gasteiger partial charge in [-0.05, 0) is 0 Å². The van der Waals surface area contributed by atoms with Crippen LogP contribution in [0, 0.1) is 5.92 Å². The molecule has 0 unspecified atom stereocenters. The van der Waals surface area contributed by atoms with Crippen molar-refractivity contribution in [2.75, 3.05) is 5.32 Å². The van der Waals surface area contributed by atoms with Crippen molar-refractivity contribution in [3.63, 3.8) is 0 Å². The van der Waals surface area contributed by atoms with Crippen molar-refractivity contribution in [3.05, 3.63) is 18.1 Å². The van der Waals surface area contributed by atoms with E-state index in [-0.39, 0.29) is 17.6 Å². The van der Waals surface area contributed by atoms with Gasteiger partial charge in [-0.25, -0.2) is 9.97 Å². The molecule has 0 radical (unpaired) electrons. The number of halogens is 3. The minimum absolute atomic E-state index is 0.00620. The van der Waals surface area contributed by atoms with Gasteiger partial charge in [0.25, 0.3) is 0 Å². The summed E-state index contributed by atoms with van der Waals surface area (Å²) in [5, 5.41) is 2.34. The van der Waals surface area contributed by atoms with E-state index in [9.17, 15) is 18.0 Å². The van der Waals surface area contributed by atoms with Gasteiger partial charge in [0.2, 0.25) is 5.91 Å². The number of anilines is 1. The van der Waals surface area contributed by atoms with Crippen LogP contribution in [-0.2, 0) is 11.0 Å². The molecule has 0 fully saturated rings. The van der Waals surface area contributed by atoms with Crippen molar-refractivity contribution in [3.8, 4) is 0 Å². The van der Waals surface area contributed by atoms with E-state index >= 15 is 0 Å². The minimum Gasteiger partial charge on any atom is -0.309 e. The van der Waals surface area contributed by atoms with E-state index in [1.54, 1.807) is 13.8 Å². The Morgan fingerprint density at radius 2 is 1.94 bits per heavy atom. The molecule has 0 aliphatic carbocycles. The Bertz CT molecular complexity index is 373. The molecule has 0 saturated carbocycles. The predicted octanol–water partition coefficient (Wildman–Crippen LogP) is 2.09. The molecule has 0 spiro atoms. The number of rotatable bonds is 2. The van der Waals surface area contributed by atoms with Crippen molar-refractivity contribution >= 4 is 11.7 Å². The summed E-state index contributed by atoms with van der Waals surface area (Å²) in [6, 6.07) is 0. The lowest BCUT2D eigenvalue weighted by atomic mass is 10.2. The first-order valence-corrected chi connectivity index (χ1v) is 4.51. The van der Waals surface area contributed by atoms with Crippen molar-refractivity contribution in [2.45, 2.75) is 20.0 Å². The summed E-state index contributed by atoms with van der Waals surface area (Å²) < 4.78 is 36.4. The minimum atomic E-state index is -4.52. The van der Waals surface area contributed by atoms with Crippen molar-refractivity contribution in [2.24, 2.45) is 5.92 Å². The normalized spacial score (nSPS) is 11.6. The highest BCUT2D eigenvalue weighted by atomic mass is 19.4. The van der Waals surface area contributed by atoms with E-state index in [2.05, 4.69) is 15.3 Å². The Morgan fingerprint density at radius 1 is 1.31 bits per heavy atom. The standard InChI is InChI=1S/C9H10F3N3O/c1-5(2)8(16)15-7-4-13-6(3-14-7)9(10,11)12/h3-5H,1-2H3,(H,14,15,16). The molecule has 1 rings (SSSR count). The number of hydrogen-bond donors (Lipinski definition) is 1. The van der Waals surface area contributed by atoms with Crippen LogP contribution in [0.15, 0.2) is 12.4 Å². The number of carbonyl (C=O) groups excluding carboxylic acids is 1. The van der Waals surface area contributed by atoms with E-state index in [1.165, 1.54) is 0 Å². The molecule has 0 aromatic carbocycles. The molecule has 1 N–H and O–H groups in total. The quantitative estimate of drug-likeness (QED) is 0.850. The first-order valence-electron chi connectivity index (χ1n) is 4.51. The van der Waals surface area contributed by atoms with E-state index in [0.29, 0.717) is 6.20 Å². The number of hydrogen-bond acceptors (Lipinski definition) is 3. The van der Waals surface area contributed by atoms with Crippen LogP contribution in [0.1, 0.15) is 19.5 Å². The van der Waals surface area contributed by atoms with Crippen LogP contribution in [0.3, 0.4) is 0 Å². The zero-order chi connectivity index (χ0) is 12.3. The molecule has 1 aromatic heterocycles. The van der Waals surface area contributed by atoms with Crippen LogP contribution in [0.2, 0.25) is 0 Å². The molecule has 0 atom stereocenters. The maximum absolute atomic E-state index is 12.1. The van der Waals surface area contributed by atoms with Gasteiger partial charge in [-0.3, -0.25) is 4.79 Å².